The van der Waals surface area contributed by atoms with Gasteiger partial charge in [-0.25, -0.2) is 9.07 Å². The average molecular weight is 404 g/mol. The van der Waals surface area contributed by atoms with E-state index in [4.69, 9.17) is 21.6 Å². The number of amides is 1. The lowest BCUT2D eigenvalue weighted by Gasteiger charge is -2.29. The molecule has 1 N–H and O–H groups in total. The Kier molecular flexibility index (Phi) is 6.26. The molecule has 146 valence electrons. The van der Waals surface area contributed by atoms with Crippen LogP contribution in [-0.4, -0.2) is 27.5 Å². The maximum absolute atomic E-state index is 13.3. The van der Waals surface area contributed by atoms with Crippen molar-refractivity contribution in [3.05, 3.63) is 53.2 Å². The summed E-state index contributed by atoms with van der Waals surface area (Å²) in [6.07, 6.45) is 4.56. The average Bonchev–Trinajstić information content (AvgIpc) is 3.09. The fourth-order valence-electron chi connectivity index (χ4n) is 2.81. The number of halogens is 2. The molecule has 2 aromatic rings. The van der Waals surface area contributed by atoms with Crippen LogP contribution < -0.4 is 10.1 Å². The van der Waals surface area contributed by atoms with E-state index in [-0.39, 0.29) is 35.2 Å². The molecule has 0 aliphatic heterocycles. The Morgan fingerprint density at radius 1 is 1.50 bits per heavy atom. The van der Waals surface area contributed by atoms with Crippen molar-refractivity contribution in [2.45, 2.75) is 31.7 Å². The second-order valence-electron chi connectivity index (χ2n) is 6.66. The molecule has 0 unspecified atom stereocenters. The first-order chi connectivity index (χ1) is 13.4. The predicted molar refractivity (Wildman–Crippen MR) is 99.9 cm³/mol. The lowest BCUT2D eigenvalue weighted by Crippen LogP contribution is -2.28. The van der Waals surface area contributed by atoms with E-state index >= 15 is 0 Å². The van der Waals surface area contributed by atoms with E-state index in [2.05, 4.69) is 28.3 Å². The molecule has 1 aliphatic rings. The summed E-state index contributed by atoms with van der Waals surface area (Å²) in [5.74, 6) is -0.670. The van der Waals surface area contributed by atoms with Crippen molar-refractivity contribution in [3.63, 3.8) is 0 Å². The van der Waals surface area contributed by atoms with E-state index in [1.165, 1.54) is 12.1 Å². The number of ether oxygens (including phenoxy) is 1. The van der Waals surface area contributed by atoms with Crippen molar-refractivity contribution in [1.82, 2.24) is 20.3 Å². The van der Waals surface area contributed by atoms with E-state index in [0.717, 1.165) is 24.6 Å². The largest absolute Gasteiger partial charge is 0.484 e. The Morgan fingerprint density at radius 3 is 3.00 bits per heavy atom. The van der Waals surface area contributed by atoms with Gasteiger partial charge in [0, 0.05) is 18.0 Å². The van der Waals surface area contributed by atoms with E-state index < -0.39 is 5.82 Å². The number of aryl methyl sites for hydroxylation is 1. The number of benzene rings is 1. The van der Waals surface area contributed by atoms with Crippen molar-refractivity contribution in [1.29, 1.82) is 5.26 Å². The van der Waals surface area contributed by atoms with Gasteiger partial charge in [0.15, 0.2) is 6.61 Å². The molecule has 1 heterocycles. The molecule has 1 amide bonds. The quantitative estimate of drug-likeness (QED) is 0.730. The zero-order chi connectivity index (χ0) is 20.1. The molecule has 0 atom stereocenters. The number of hydrogen-bond acceptors (Lipinski definition) is 5. The minimum Gasteiger partial charge on any atom is -0.484 e. The molecule has 1 aliphatic carbocycles. The summed E-state index contributed by atoms with van der Waals surface area (Å²) < 4.78 is 20.4. The highest BCUT2D eigenvalue weighted by Gasteiger charge is 2.31. The number of allylic oxidation sites excluding steroid dienone is 1. The van der Waals surface area contributed by atoms with Crippen molar-refractivity contribution in [2.24, 2.45) is 5.92 Å². The maximum Gasteiger partial charge on any atom is 0.262 e. The topological polar surface area (TPSA) is 92.8 Å². The molecule has 0 radical (unpaired) electrons. The third-order valence-electron chi connectivity index (χ3n) is 4.49. The number of hydrogen-bond donors (Lipinski definition) is 1. The maximum atomic E-state index is 13.3. The van der Waals surface area contributed by atoms with Gasteiger partial charge >= 0.3 is 0 Å². The van der Waals surface area contributed by atoms with Crippen molar-refractivity contribution in [2.75, 3.05) is 6.61 Å². The van der Waals surface area contributed by atoms with Gasteiger partial charge in [0.1, 0.15) is 11.6 Å². The lowest BCUT2D eigenvalue weighted by molar-refractivity contribution is -0.122. The molecule has 0 spiro atoms. The highest BCUT2D eigenvalue weighted by atomic mass is 35.5. The summed E-state index contributed by atoms with van der Waals surface area (Å²) in [5.41, 5.74) is 1.32. The van der Waals surface area contributed by atoms with Crippen LogP contribution in [0.3, 0.4) is 0 Å². The van der Waals surface area contributed by atoms with Gasteiger partial charge in [-0.05, 0) is 37.8 Å². The van der Waals surface area contributed by atoms with Crippen LogP contribution in [0, 0.1) is 23.1 Å². The Hall–Kier alpha value is -2.92. The lowest BCUT2D eigenvalue weighted by atomic mass is 9.81. The normalized spacial score (nSPS) is 18.0. The summed E-state index contributed by atoms with van der Waals surface area (Å²) in [7, 11) is 0. The molecular weight excluding hydrogens is 385 g/mol. The highest BCUT2D eigenvalue weighted by Crippen LogP contribution is 2.36. The van der Waals surface area contributed by atoms with Crippen LogP contribution in [0.1, 0.15) is 31.0 Å². The number of nitrogens with one attached hydrogen (secondary N) is 1. The number of carbonyl (C=O) groups is 1. The van der Waals surface area contributed by atoms with Gasteiger partial charge in [-0.15, -0.1) is 5.10 Å². The smallest absolute Gasteiger partial charge is 0.262 e. The highest BCUT2D eigenvalue weighted by molar-refractivity contribution is 6.30. The van der Waals surface area contributed by atoms with Crippen LogP contribution >= 0.6 is 11.6 Å². The number of carbonyl (C=O) groups excluding carboxylic acids is 1. The molecule has 0 saturated heterocycles. The van der Waals surface area contributed by atoms with E-state index in [1.54, 1.807) is 4.68 Å². The fourth-order valence-corrected chi connectivity index (χ4v) is 2.92. The van der Waals surface area contributed by atoms with Crippen LogP contribution in [0.2, 0.25) is 5.02 Å². The molecule has 1 fully saturated rings. The fraction of sp³-hybridized carbons (Fsp3) is 0.368. The third-order valence-corrected chi connectivity index (χ3v) is 4.79. The Morgan fingerprint density at radius 2 is 2.29 bits per heavy atom. The first kappa shape index (κ1) is 19.8. The van der Waals surface area contributed by atoms with Crippen molar-refractivity contribution >= 4 is 17.5 Å². The second-order valence-corrected chi connectivity index (χ2v) is 7.06. The van der Waals surface area contributed by atoms with Crippen LogP contribution in [0.15, 0.2) is 36.7 Å². The molecule has 9 heteroatoms. The summed E-state index contributed by atoms with van der Waals surface area (Å²) in [6, 6.07) is 6.45. The van der Waals surface area contributed by atoms with Crippen molar-refractivity contribution < 1.29 is 13.9 Å². The Bertz CT molecular complexity index is 917. The van der Waals surface area contributed by atoms with Gasteiger partial charge < -0.3 is 10.1 Å². The number of nitriles is 1. The summed E-state index contributed by atoms with van der Waals surface area (Å²) in [4.78, 5) is 11.9. The number of nitrogens with zero attached hydrogens (tertiary/aromatic N) is 4. The molecule has 0 bridgehead atoms. The summed E-state index contributed by atoms with van der Waals surface area (Å²) in [6.45, 7) is 3.56. The zero-order valence-electron chi connectivity index (χ0n) is 15.1. The molecule has 7 nitrogen and oxygen atoms in total. The second kappa shape index (κ2) is 8.85. The van der Waals surface area contributed by atoms with Crippen LogP contribution in [0.5, 0.6) is 5.75 Å². The van der Waals surface area contributed by atoms with Gasteiger partial charge in [0.2, 0.25) is 0 Å². The van der Waals surface area contributed by atoms with Crippen LogP contribution in [0.25, 0.3) is 0 Å². The van der Waals surface area contributed by atoms with Gasteiger partial charge in [-0.1, -0.05) is 23.4 Å². The Balaban J connectivity index is 1.38. The summed E-state index contributed by atoms with van der Waals surface area (Å²) in [5, 5.41) is 19.7. The van der Waals surface area contributed by atoms with Crippen LogP contribution in [-0.2, 0) is 11.2 Å². The molecule has 1 saturated carbocycles. The van der Waals surface area contributed by atoms with E-state index in [1.807, 2.05) is 6.20 Å². The third kappa shape index (κ3) is 5.08. The van der Waals surface area contributed by atoms with Crippen LogP contribution in [0.4, 0.5) is 4.39 Å². The SMILES string of the molecule is C=C(CCc1cn(C2CC(C#N)C2)nn1)NC(=O)COc1ccc(Cl)c(F)c1. The first-order valence-corrected chi connectivity index (χ1v) is 9.18. The Labute approximate surface area is 166 Å². The first-order valence-electron chi connectivity index (χ1n) is 8.80. The van der Waals surface area contributed by atoms with Gasteiger partial charge in [0.25, 0.3) is 5.91 Å². The van der Waals surface area contributed by atoms with Crippen molar-refractivity contribution in [3.8, 4) is 11.8 Å². The number of rotatable bonds is 8. The van der Waals surface area contributed by atoms with Gasteiger partial charge in [-0.2, -0.15) is 5.26 Å². The predicted octanol–water partition coefficient (Wildman–Crippen LogP) is 3.19. The van der Waals surface area contributed by atoms with Gasteiger partial charge in [0.05, 0.1) is 28.7 Å². The van der Waals surface area contributed by atoms with E-state index in [9.17, 15) is 9.18 Å². The molecule has 3 rings (SSSR count). The monoisotopic (exact) mass is 403 g/mol. The number of aromatic nitrogens is 3. The molecular formula is C19H19ClFN5O2. The molecule has 28 heavy (non-hydrogen) atoms. The zero-order valence-corrected chi connectivity index (χ0v) is 15.8. The molecule has 1 aromatic heterocycles. The van der Waals surface area contributed by atoms with Gasteiger partial charge in [-0.3, -0.25) is 4.79 Å². The molecule has 1 aromatic carbocycles. The summed E-state index contributed by atoms with van der Waals surface area (Å²) >= 11 is 5.60. The minimum atomic E-state index is -0.609. The standard InChI is InChI=1S/C19H19ClFN5O2/c1-12(23-19(27)11-28-16-4-5-17(20)18(21)8-16)2-3-14-10-26(25-24-14)15-6-13(7-15)9-22/h4-5,8,10,13,15H,1-3,6-7,11H2,(H,23,27). The minimum absolute atomic E-state index is 0.00991. The van der Waals surface area contributed by atoms with E-state index in [0.29, 0.717) is 18.5 Å².